The van der Waals surface area contributed by atoms with E-state index < -0.39 is 0 Å². The van der Waals surface area contributed by atoms with Gasteiger partial charge in [-0.2, -0.15) is 0 Å². The first-order valence-electron chi connectivity index (χ1n) is 12.2. The number of rotatable bonds is 7. The fourth-order valence-electron chi connectivity index (χ4n) is 4.72. The highest BCUT2D eigenvalue weighted by Gasteiger charge is 2.23. The van der Waals surface area contributed by atoms with Crippen molar-refractivity contribution >= 4 is 17.3 Å². The molecule has 0 radical (unpaired) electrons. The van der Waals surface area contributed by atoms with E-state index in [4.69, 9.17) is 9.72 Å². The monoisotopic (exact) mass is 482 g/mol. The zero-order valence-electron chi connectivity index (χ0n) is 20.7. The van der Waals surface area contributed by atoms with Crippen molar-refractivity contribution in [2.75, 3.05) is 39.9 Å². The van der Waals surface area contributed by atoms with Crippen molar-refractivity contribution in [2.24, 2.45) is 0 Å². The highest BCUT2D eigenvalue weighted by molar-refractivity contribution is 5.94. The van der Waals surface area contributed by atoms with Crippen molar-refractivity contribution in [2.45, 2.75) is 13.5 Å². The fourth-order valence-corrected chi connectivity index (χ4v) is 4.72. The third-order valence-electron chi connectivity index (χ3n) is 6.76. The van der Waals surface area contributed by atoms with Gasteiger partial charge in [-0.05, 0) is 30.2 Å². The smallest absolute Gasteiger partial charge is 0.248 e. The predicted molar refractivity (Wildman–Crippen MR) is 140 cm³/mol. The highest BCUT2D eigenvalue weighted by Crippen LogP contribution is 2.29. The number of Topliss-reactive ketones (excluding diaryl/α,β-unsaturated/α-hetero) is 1. The quantitative estimate of drug-likeness (QED) is 0.370. The fraction of sp³-hybridized carbons (Fsp3) is 0.276. The molecule has 5 rings (SSSR count). The molecule has 7 nitrogen and oxygen atoms in total. The Labute approximate surface area is 210 Å². The van der Waals surface area contributed by atoms with Crippen molar-refractivity contribution in [3.8, 4) is 22.4 Å². The molecule has 0 N–H and O–H groups in total. The molecule has 184 valence electrons. The molecule has 2 aromatic carbocycles. The van der Waals surface area contributed by atoms with Gasteiger partial charge in [0, 0.05) is 57.2 Å². The summed E-state index contributed by atoms with van der Waals surface area (Å²) in [5, 5.41) is 0. The van der Waals surface area contributed by atoms with Crippen LogP contribution in [0.1, 0.15) is 23.0 Å². The Bertz CT molecular complexity index is 1370. The minimum absolute atomic E-state index is 0.0392. The van der Waals surface area contributed by atoms with Crippen LogP contribution in [0.4, 0.5) is 0 Å². The van der Waals surface area contributed by atoms with E-state index in [1.165, 1.54) is 0 Å². The number of nitrogens with zero attached hydrogens (tertiary/aromatic N) is 4. The molecule has 3 heterocycles. The molecule has 1 aliphatic rings. The summed E-state index contributed by atoms with van der Waals surface area (Å²) in [6.45, 7) is 5.40. The maximum atomic E-state index is 12.2. The summed E-state index contributed by atoms with van der Waals surface area (Å²) in [7, 11) is 1.55. The van der Waals surface area contributed by atoms with Crippen LogP contribution in [-0.2, 0) is 16.1 Å². The number of hydrogen-bond acceptors (Lipinski definition) is 5. The van der Waals surface area contributed by atoms with Crippen LogP contribution in [0.5, 0.6) is 0 Å². The standard InChI is InChI=1S/C29H30N4O3/c1-21(34)22-8-10-23(11-9-22)25-12-13-27-30-29(24-6-4-3-5-7-24)26(33(27)18-25)19-31-14-16-32(17-15-31)28(35)20-36-2/h3-13,18H,14-17,19-20H2,1-2H3. The molecule has 4 aromatic rings. The molecular formula is C29H30N4O3. The molecule has 0 unspecified atom stereocenters. The van der Waals surface area contributed by atoms with E-state index in [1.54, 1.807) is 14.0 Å². The summed E-state index contributed by atoms with van der Waals surface area (Å²) < 4.78 is 7.19. The number of fused-ring (bicyclic) bond motifs is 1. The second-order valence-corrected chi connectivity index (χ2v) is 9.14. The van der Waals surface area contributed by atoms with Crippen LogP contribution < -0.4 is 0 Å². The summed E-state index contributed by atoms with van der Waals surface area (Å²) in [6.07, 6.45) is 2.13. The lowest BCUT2D eigenvalue weighted by atomic mass is 10.0. The zero-order valence-corrected chi connectivity index (χ0v) is 20.7. The Morgan fingerprint density at radius 3 is 2.22 bits per heavy atom. The number of piperazine rings is 1. The minimum Gasteiger partial charge on any atom is -0.375 e. The largest absolute Gasteiger partial charge is 0.375 e. The second kappa shape index (κ2) is 10.4. The molecular weight excluding hydrogens is 452 g/mol. The normalized spacial score (nSPS) is 14.3. The number of ketones is 1. The number of hydrogen-bond donors (Lipinski definition) is 0. The van der Waals surface area contributed by atoms with Gasteiger partial charge in [-0.1, -0.05) is 54.6 Å². The van der Waals surface area contributed by atoms with E-state index in [1.807, 2.05) is 53.4 Å². The van der Waals surface area contributed by atoms with Crippen LogP contribution in [0, 0.1) is 0 Å². The minimum atomic E-state index is 0.0392. The van der Waals surface area contributed by atoms with Gasteiger partial charge in [0.05, 0.1) is 11.4 Å². The summed E-state index contributed by atoms with van der Waals surface area (Å²) in [5.41, 5.74) is 6.88. The second-order valence-electron chi connectivity index (χ2n) is 9.14. The predicted octanol–water partition coefficient (Wildman–Crippen LogP) is 4.16. The number of aromatic nitrogens is 2. The van der Waals surface area contributed by atoms with Gasteiger partial charge in [-0.3, -0.25) is 14.5 Å². The van der Waals surface area contributed by atoms with Crippen LogP contribution in [0.25, 0.3) is 28.0 Å². The van der Waals surface area contributed by atoms with Crippen molar-refractivity contribution in [1.29, 1.82) is 0 Å². The highest BCUT2D eigenvalue weighted by atomic mass is 16.5. The molecule has 1 amide bonds. The summed E-state index contributed by atoms with van der Waals surface area (Å²) in [5.74, 6) is 0.0998. The molecule has 1 aliphatic heterocycles. The summed E-state index contributed by atoms with van der Waals surface area (Å²) in [6, 6.07) is 22.1. The van der Waals surface area contributed by atoms with Gasteiger partial charge in [0.2, 0.25) is 5.91 Å². The SMILES string of the molecule is COCC(=O)N1CCN(Cc2c(-c3ccccc3)nc3ccc(-c4ccc(C(C)=O)cc4)cn23)CC1. The van der Waals surface area contributed by atoms with Gasteiger partial charge in [-0.15, -0.1) is 0 Å². The van der Waals surface area contributed by atoms with Crippen LogP contribution in [-0.4, -0.2) is 70.8 Å². The number of carbonyl (C=O) groups excluding carboxylic acids is 2. The van der Waals surface area contributed by atoms with Crippen molar-refractivity contribution < 1.29 is 14.3 Å². The first kappa shape index (κ1) is 23.9. The maximum Gasteiger partial charge on any atom is 0.248 e. The molecule has 36 heavy (non-hydrogen) atoms. The molecule has 1 saturated heterocycles. The van der Waals surface area contributed by atoms with Gasteiger partial charge in [0.1, 0.15) is 12.3 Å². The van der Waals surface area contributed by atoms with Crippen LogP contribution in [0.3, 0.4) is 0 Å². The molecule has 0 saturated carbocycles. The molecule has 0 atom stereocenters. The Morgan fingerprint density at radius 2 is 1.56 bits per heavy atom. The first-order chi connectivity index (χ1) is 17.5. The number of imidazole rings is 1. The lowest BCUT2D eigenvalue weighted by Crippen LogP contribution is -2.49. The number of ether oxygens (including phenoxy) is 1. The van der Waals surface area contributed by atoms with E-state index >= 15 is 0 Å². The Hall–Kier alpha value is -3.81. The average Bonchev–Trinajstić information content (AvgIpc) is 3.27. The Morgan fingerprint density at radius 1 is 0.861 bits per heavy atom. The molecule has 1 fully saturated rings. The van der Waals surface area contributed by atoms with Gasteiger partial charge in [0.25, 0.3) is 0 Å². The molecule has 0 spiro atoms. The van der Waals surface area contributed by atoms with E-state index in [9.17, 15) is 9.59 Å². The third-order valence-corrected chi connectivity index (χ3v) is 6.76. The van der Waals surface area contributed by atoms with Crippen molar-refractivity contribution in [3.05, 3.63) is 84.2 Å². The van der Waals surface area contributed by atoms with Crippen molar-refractivity contribution in [1.82, 2.24) is 19.2 Å². The van der Waals surface area contributed by atoms with Gasteiger partial charge < -0.3 is 14.0 Å². The first-order valence-corrected chi connectivity index (χ1v) is 12.2. The number of carbonyl (C=O) groups is 2. The lowest BCUT2D eigenvalue weighted by molar-refractivity contribution is -0.136. The topological polar surface area (TPSA) is 67.2 Å². The van der Waals surface area contributed by atoms with E-state index in [-0.39, 0.29) is 18.3 Å². The lowest BCUT2D eigenvalue weighted by Gasteiger charge is -2.34. The van der Waals surface area contributed by atoms with Gasteiger partial charge in [-0.25, -0.2) is 4.98 Å². The average molecular weight is 483 g/mol. The van der Waals surface area contributed by atoms with Crippen molar-refractivity contribution in [3.63, 3.8) is 0 Å². The Balaban J connectivity index is 1.48. The van der Waals surface area contributed by atoms with Crippen LogP contribution in [0.2, 0.25) is 0 Å². The number of amides is 1. The molecule has 0 bridgehead atoms. The number of methoxy groups -OCH3 is 1. The zero-order chi connectivity index (χ0) is 25.1. The summed E-state index contributed by atoms with van der Waals surface area (Å²) >= 11 is 0. The van der Waals surface area contributed by atoms with Crippen LogP contribution >= 0.6 is 0 Å². The molecule has 7 heteroatoms. The van der Waals surface area contributed by atoms with Gasteiger partial charge >= 0.3 is 0 Å². The molecule has 0 aliphatic carbocycles. The molecule has 2 aromatic heterocycles. The third kappa shape index (κ3) is 4.94. The van der Waals surface area contributed by atoms with Gasteiger partial charge in [0.15, 0.2) is 5.78 Å². The maximum absolute atomic E-state index is 12.2. The Kier molecular flexibility index (Phi) is 6.93. The van der Waals surface area contributed by atoms with E-state index in [2.05, 4.69) is 33.7 Å². The van der Waals surface area contributed by atoms with E-state index in [0.29, 0.717) is 18.7 Å². The van der Waals surface area contributed by atoms with Crippen LogP contribution in [0.15, 0.2) is 72.9 Å². The number of pyridine rings is 1. The number of benzene rings is 2. The summed E-state index contributed by atoms with van der Waals surface area (Å²) in [4.78, 5) is 33.1. The van der Waals surface area contributed by atoms with E-state index in [0.717, 1.165) is 53.4 Å².